The van der Waals surface area contributed by atoms with E-state index in [-0.39, 0.29) is 11.7 Å². The van der Waals surface area contributed by atoms with E-state index in [1.54, 1.807) is 40.0 Å². The molecule has 0 aliphatic rings. The van der Waals surface area contributed by atoms with Gasteiger partial charge in [0.1, 0.15) is 17.7 Å². The van der Waals surface area contributed by atoms with Crippen LogP contribution < -0.4 is 5.32 Å². The van der Waals surface area contributed by atoms with Crippen LogP contribution in [0.2, 0.25) is 0 Å². The Balaban J connectivity index is 1.56. The summed E-state index contributed by atoms with van der Waals surface area (Å²) in [5.41, 5.74) is 2.13. The third-order valence-electron chi connectivity index (χ3n) is 4.66. The van der Waals surface area contributed by atoms with Gasteiger partial charge in [-0.05, 0) is 23.3 Å². The van der Waals surface area contributed by atoms with Crippen molar-refractivity contribution in [3.05, 3.63) is 108 Å². The third-order valence-corrected chi connectivity index (χ3v) is 4.66. The van der Waals surface area contributed by atoms with E-state index in [4.69, 9.17) is 0 Å². The van der Waals surface area contributed by atoms with Gasteiger partial charge in [0.15, 0.2) is 0 Å². The summed E-state index contributed by atoms with van der Waals surface area (Å²) in [5, 5.41) is 7.24. The molecule has 2 aromatic carbocycles. The van der Waals surface area contributed by atoms with Crippen LogP contribution in [0.3, 0.4) is 0 Å². The van der Waals surface area contributed by atoms with E-state index in [0.717, 1.165) is 5.56 Å². The zero-order chi connectivity index (χ0) is 20.2. The van der Waals surface area contributed by atoms with Gasteiger partial charge in [0.25, 0.3) is 5.91 Å². The summed E-state index contributed by atoms with van der Waals surface area (Å²) in [4.78, 5) is 17.2. The highest BCUT2D eigenvalue weighted by Gasteiger charge is 2.22. The summed E-state index contributed by atoms with van der Waals surface area (Å²) in [6, 6.07) is 15.4. The molecule has 1 N–H and O–H groups in total. The van der Waals surface area contributed by atoms with Crippen molar-refractivity contribution in [2.45, 2.75) is 12.6 Å². The van der Waals surface area contributed by atoms with Crippen molar-refractivity contribution in [2.24, 2.45) is 7.05 Å². The number of nitrogens with zero attached hydrogens (tertiary/aromatic N) is 4. The molecule has 2 aromatic heterocycles. The summed E-state index contributed by atoms with van der Waals surface area (Å²) < 4.78 is 17.3. The van der Waals surface area contributed by atoms with Crippen molar-refractivity contribution in [2.75, 3.05) is 0 Å². The zero-order valence-corrected chi connectivity index (χ0v) is 15.9. The molecule has 0 aliphatic heterocycles. The number of rotatable bonds is 6. The molecule has 1 amide bonds. The first-order valence-corrected chi connectivity index (χ1v) is 9.20. The Kier molecular flexibility index (Phi) is 5.20. The fourth-order valence-corrected chi connectivity index (χ4v) is 3.19. The first kappa shape index (κ1) is 18.6. The lowest BCUT2D eigenvalue weighted by Crippen LogP contribution is -2.31. The SMILES string of the molecule is Cn1ccnc1[C@@H](NC(=O)c1cnn(Cc2ccccc2)c1)c1cccc(F)c1. The summed E-state index contributed by atoms with van der Waals surface area (Å²) in [7, 11) is 1.83. The number of halogens is 1. The van der Waals surface area contributed by atoms with E-state index in [0.29, 0.717) is 23.5 Å². The molecule has 0 saturated heterocycles. The Labute approximate surface area is 167 Å². The van der Waals surface area contributed by atoms with Gasteiger partial charge in [0, 0.05) is 25.6 Å². The van der Waals surface area contributed by atoms with Crippen LogP contribution in [0.5, 0.6) is 0 Å². The predicted octanol–water partition coefficient (Wildman–Crippen LogP) is 3.32. The molecular weight excluding hydrogens is 369 g/mol. The molecule has 0 saturated carbocycles. The molecule has 0 aliphatic carbocycles. The van der Waals surface area contributed by atoms with Crippen LogP contribution in [0.4, 0.5) is 4.39 Å². The number of aryl methyl sites for hydroxylation is 1. The Hall–Kier alpha value is -3.74. The second-order valence-corrected chi connectivity index (χ2v) is 6.77. The van der Waals surface area contributed by atoms with E-state index >= 15 is 0 Å². The van der Waals surface area contributed by atoms with Crippen molar-refractivity contribution in [1.82, 2.24) is 24.6 Å². The standard InChI is InChI=1S/C22H20FN5O/c1-27-11-10-24-21(27)20(17-8-5-9-19(23)12-17)26-22(29)18-13-25-28(15-18)14-16-6-3-2-4-7-16/h2-13,15,20H,14H2,1H3,(H,26,29)/t20-/m0/s1. The highest BCUT2D eigenvalue weighted by atomic mass is 19.1. The Morgan fingerprint density at radius 2 is 2.00 bits per heavy atom. The molecular formula is C22H20FN5O. The number of imidazole rings is 1. The molecule has 7 heteroatoms. The number of amides is 1. The number of benzene rings is 2. The third kappa shape index (κ3) is 4.24. The summed E-state index contributed by atoms with van der Waals surface area (Å²) in [6.07, 6.45) is 6.65. The first-order valence-electron chi connectivity index (χ1n) is 9.20. The number of hydrogen-bond donors (Lipinski definition) is 1. The Bertz CT molecular complexity index is 1120. The highest BCUT2D eigenvalue weighted by molar-refractivity contribution is 5.94. The normalized spacial score (nSPS) is 11.9. The van der Waals surface area contributed by atoms with Crippen molar-refractivity contribution in [3.63, 3.8) is 0 Å². The molecule has 1 atom stereocenters. The minimum absolute atomic E-state index is 0.304. The lowest BCUT2D eigenvalue weighted by molar-refractivity contribution is 0.0941. The minimum Gasteiger partial charge on any atom is -0.338 e. The number of hydrogen-bond acceptors (Lipinski definition) is 3. The quantitative estimate of drug-likeness (QED) is 0.550. The molecule has 4 rings (SSSR count). The topological polar surface area (TPSA) is 64.7 Å². The lowest BCUT2D eigenvalue weighted by atomic mass is 10.1. The van der Waals surface area contributed by atoms with Crippen molar-refractivity contribution in [3.8, 4) is 0 Å². The summed E-state index contributed by atoms with van der Waals surface area (Å²) >= 11 is 0. The monoisotopic (exact) mass is 389 g/mol. The van der Waals surface area contributed by atoms with Gasteiger partial charge in [-0.2, -0.15) is 5.10 Å². The lowest BCUT2D eigenvalue weighted by Gasteiger charge is -2.19. The van der Waals surface area contributed by atoms with Crippen molar-refractivity contribution in [1.29, 1.82) is 0 Å². The van der Waals surface area contributed by atoms with Crippen LogP contribution in [0, 0.1) is 5.82 Å². The number of carbonyl (C=O) groups is 1. The van der Waals surface area contributed by atoms with Gasteiger partial charge in [-0.25, -0.2) is 9.37 Å². The van der Waals surface area contributed by atoms with Crippen LogP contribution >= 0.6 is 0 Å². The average Bonchev–Trinajstić information content (AvgIpc) is 3.36. The van der Waals surface area contributed by atoms with Gasteiger partial charge in [-0.3, -0.25) is 9.48 Å². The molecule has 0 spiro atoms. The smallest absolute Gasteiger partial charge is 0.255 e. The maximum atomic E-state index is 13.8. The molecule has 6 nitrogen and oxygen atoms in total. The van der Waals surface area contributed by atoms with Gasteiger partial charge in [0.2, 0.25) is 0 Å². The minimum atomic E-state index is -0.587. The van der Waals surface area contributed by atoms with Gasteiger partial charge in [0.05, 0.1) is 18.3 Å². The van der Waals surface area contributed by atoms with Gasteiger partial charge in [-0.1, -0.05) is 42.5 Å². The van der Waals surface area contributed by atoms with Crippen LogP contribution in [-0.4, -0.2) is 25.2 Å². The van der Waals surface area contributed by atoms with Crippen molar-refractivity contribution >= 4 is 5.91 Å². The predicted molar refractivity (Wildman–Crippen MR) is 107 cm³/mol. The van der Waals surface area contributed by atoms with Gasteiger partial charge >= 0.3 is 0 Å². The Morgan fingerprint density at radius 3 is 2.72 bits per heavy atom. The van der Waals surface area contributed by atoms with Gasteiger partial charge < -0.3 is 9.88 Å². The maximum absolute atomic E-state index is 13.8. The van der Waals surface area contributed by atoms with E-state index in [2.05, 4.69) is 15.4 Å². The molecule has 2 heterocycles. The van der Waals surface area contributed by atoms with Crippen LogP contribution in [-0.2, 0) is 13.6 Å². The molecule has 0 radical (unpaired) electrons. The molecule has 29 heavy (non-hydrogen) atoms. The number of carbonyl (C=O) groups excluding carboxylic acids is 1. The molecule has 4 aromatic rings. The van der Waals surface area contributed by atoms with Crippen molar-refractivity contribution < 1.29 is 9.18 Å². The number of aromatic nitrogens is 4. The fraction of sp³-hybridized carbons (Fsp3) is 0.136. The summed E-state index contributed by atoms with van der Waals surface area (Å²) in [5.74, 6) is -0.0613. The van der Waals surface area contributed by atoms with Gasteiger partial charge in [-0.15, -0.1) is 0 Å². The largest absolute Gasteiger partial charge is 0.338 e. The van der Waals surface area contributed by atoms with Crippen LogP contribution in [0.25, 0.3) is 0 Å². The molecule has 146 valence electrons. The summed E-state index contributed by atoms with van der Waals surface area (Å²) in [6.45, 7) is 0.570. The average molecular weight is 389 g/mol. The zero-order valence-electron chi connectivity index (χ0n) is 15.9. The molecule has 0 unspecified atom stereocenters. The number of nitrogens with one attached hydrogen (secondary N) is 1. The fourth-order valence-electron chi connectivity index (χ4n) is 3.19. The molecule has 0 bridgehead atoms. The highest BCUT2D eigenvalue weighted by Crippen LogP contribution is 2.22. The second kappa shape index (κ2) is 8.10. The van der Waals surface area contributed by atoms with Crippen LogP contribution in [0.15, 0.2) is 79.4 Å². The second-order valence-electron chi connectivity index (χ2n) is 6.77. The van der Waals surface area contributed by atoms with Crippen LogP contribution in [0.1, 0.15) is 33.4 Å². The van der Waals surface area contributed by atoms with E-state index < -0.39 is 6.04 Å². The molecule has 0 fully saturated rings. The van der Waals surface area contributed by atoms with E-state index in [1.807, 2.05) is 37.4 Å². The van der Waals surface area contributed by atoms with E-state index in [9.17, 15) is 9.18 Å². The Morgan fingerprint density at radius 1 is 1.17 bits per heavy atom. The first-order chi connectivity index (χ1) is 14.1. The maximum Gasteiger partial charge on any atom is 0.255 e. The van der Waals surface area contributed by atoms with E-state index in [1.165, 1.54) is 18.3 Å².